The second kappa shape index (κ2) is 5.99. The van der Waals surface area contributed by atoms with Gasteiger partial charge in [0.05, 0.1) is 6.33 Å². The fourth-order valence-electron chi connectivity index (χ4n) is 2.75. The molecule has 0 aliphatic carbocycles. The summed E-state index contributed by atoms with van der Waals surface area (Å²) in [6.45, 7) is 4.32. The lowest BCUT2D eigenvalue weighted by Crippen LogP contribution is -2.25. The first-order valence-corrected chi connectivity index (χ1v) is 7.35. The second-order valence-corrected chi connectivity index (χ2v) is 5.34. The first kappa shape index (κ1) is 13.7. The Bertz CT molecular complexity index is 621. The lowest BCUT2D eigenvalue weighted by Gasteiger charge is -2.15. The number of fused-ring (bicyclic) bond motifs is 1. The van der Waals surface area contributed by atoms with Crippen LogP contribution < -0.4 is 10.2 Å². The quantitative estimate of drug-likeness (QED) is 0.857. The summed E-state index contributed by atoms with van der Waals surface area (Å²) in [5, 5.41) is 3.44. The zero-order chi connectivity index (χ0) is 14.7. The van der Waals surface area contributed by atoms with Crippen LogP contribution in [0.15, 0.2) is 36.9 Å². The molecule has 5 nitrogen and oxygen atoms in total. The fraction of sp³-hybridized carbons (Fsp3) is 0.375. The molecule has 0 atom stereocenters. The molecule has 1 amide bonds. The summed E-state index contributed by atoms with van der Waals surface area (Å²) in [6, 6.07) is 6.26. The van der Waals surface area contributed by atoms with Crippen LogP contribution in [0.25, 0.3) is 0 Å². The van der Waals surface area contributed by atoms with Crippen molar-refractivity contribution in [1.29, 1.82) is 0 Å². The first-order chi connectivity index (χ1) is 10.2. The van der Waals surface area contributed by atoms with Gasteiger partial charge in [-0.1, -0.05) is 0 Å². The Morgan fingerprint density at radius 2 is 2.33 bits per heavy atom. The smallest absolute Gasteiger partial charge is 0.223 e. The molecule has 5 heteroatoms. The highest BCUT2D eigenvalue weighted by Gasteiger charge is 2.21. The lowest BCUT2D eigenvalue weighted by molar-refractivity contribution is -0.116. The third kappa shape index (κ3) is 3.07. The zero-order valence-electron chi connectivity index (χ0n) is 12.2. The van der Waals surface area contributed by atoms with Crippen LogP contribution in [0, 0.1) is 0 Å². The predicted octanol–water partition coefficient (Wildman–Crippen LogP) is 2.29. The van der Waals surface area contributed by atoms with Crippen LogP contribution in [0.3, 0.4) is 0 Å². The maximum absolute atomic E-state index is 11.5. The van der Waals surface area contributed by atoms with Crippen molar-refractivity contribution < 1.29 is 4.79 Å². The SMILES string of the molecule is CC(=O)N1CCc2cc(NCCCn3ccnc3)ccc21. The van der Waals surface area contributed by atoms with Gasteiger partial charge in [0, 0.05) is 50.3 Å². The second-order valence-electron chi connectivity index (χ2n) is 5.34. The molecule has 1 aliphatic rings. The number of aryl methyl sites for hydroxylation is 1. The van der Waals surface area contributed by atoms with Gasteiger partial charge in [0.1, 0.15) is 0 Å². The van der Waals surface area contributed by atoms with E-state index in [9.17, 15) is 4.79 Å². The van der Waals surface area contributed by atoms with E-state index in [1.165, 1.54) is 5.56 Å². The topological polar surface area (TPSA) is 50.2 Å². The fourth-order valence-corrected chi connectivity index (χ4v) is 2.75. The number of hydrogen-bond donors (Lipinski definition) is 1. The van der Waals surface area contributed by atoms with Crippen molar-refractivity contribution >= 4 is 17.3 Å². The molecule has 0 fully saturated rings. The molecular formula is C16H20N4O. The average molecular weight is 284 g/mol. The number of nitrogens with one attached hydrogen (secondary N) is 1. The number of aromatic nitrogens is 2. The van der Waals surface area contributed by atoms with Gasteiger partial charge in [-0.3, -0.25) is 4.79 Å². The van der Waals surface area contributed by atoms with E-state index in [2.05, 4.69) is 27.0 Å². The Kier molecular flexibility index (Phi) is 3.90. The van der Waals surface area contributed by atoms with Crippen LogP contribution in [-0.4, -0.2) is 28.5 Å². The van der Waals surface area contributed by atoms with E-state index in [4.69, 9.17) is 0 Å². The third-order valence-electron chi connectivity index (χ3n) is 3.84. The Morgan fingerprint density at radius 3 is 3.10 bits per heavy atom. The van der Waals surface area contributed by atoms with Gasteiger partial charge in [0.2, 0.25) is 5.91 Å². The molecule has 0 saturated heterocycles. The summed E-state index contributed by atoms with van der Waals surface area (Å²) in [6.07, 6.45) is 7.61. The average Bonchev–Trinajstić information content (AvgIpc) is 3.12. The Hall–Kier alpha value is -2.30. The van der Waals surface area contributed by atoms with Crippen molar-refractivity contribution in [2.45, 2.75) is 26.3 Å². The minimum atomic E-state index is 0.120. The van der Waals surface area contributed by atoms with Gasteiger partial charge in [-0.15, -0.1) is 0 Å². The van der Waals surface area contributed by atoms with Gasteiger partial charge >= 0.3 is 0 Å². The number of rotatable bonds is 5. The molecule has 2 aromatic rings. The number of nitrogens with zero attached hydrogens (tertiary/aromatic N) is 3. The van der Waals surface area contributed by atoms with E-state index in [1.807, 2.05) is 23.5 Å². The third-order valence-corrected chi connectivity index (χ3v) is 3.84. The predicted molar refractivity (Wildman–Crippen MR) is 83.5 cm³/mol. The summed E-state index contributed by atoms with van der Waals surface area (Å²) in [5.41, 5.74) is 3.45. The van der Waals surface area contributed by atoms with E-state index >= 15 is 0 Å². The Morgan fingerprint density at radius 1 is 1.43 bits per heavy atom. The van der Waals surface area contributed by atoms with Gasteiger partial charge in [-0.05, 0) is 36.6 Å². The van der Waals surface area contributed by atoms with Gasteiger partial charge < -0.3 is 14.8 Å². The van der Waals surface area contributed by atoms with Crippen molar-refractivity contribution in [3.05, 3.63) is 42.5 Å². The van der Waals surface area contributed by atoms with E-state index in [0.29, 0.717) is 0 Å². The highest BCUT2D eigenvalue weighted by Crippen LogP contribution is 2.30. The van der Waals surface area contributed by atoms with Crippen molar-refractivity contribution in [2.24, 2.45) is 0 Å². The van der Waals surface area contributed by atoms with Gasteiger partial charge in [-0.25, -0.2) is 4.98 Å². The molecule has 2 heterocycles. The molecule has 1 N–H and O–H groups in total. The summed E-state index contributed by atoms with van der Waals surface area (Å²) in [4.78, 5) is 17.4. The molecule has 0 radical (unpaired) electrons. The number of carbonyl (C=O) groups is 1. The van der Waals surface area contributed by atoms with Gasteiger partial charge in [-0.2, -0.15) is 0 Å². The maximum atomic E-state index is 11.5. The summed E-state index contributed by atoms with van der Waals surface area (Å²) < 4.78 is 2.08. The summed E-state index contributed by atoms with van der Waals surface area (Å²) >= 11 is 0. The summed E-state index contributed by atoms with van der Waals surface area (Å²) in [5.74, 6) is 0.120. The highest BCUT2D eigenvalue weighted by molar-refractivity contribution is 5.94. The number of carbonyl (C=O) groups excluding carboxylic acids is 1. The minimum Gasteiger partial charge on any atom is -0.385 e. The van der Waals surface area contributed by atoms with Crippen molar-refractivity contribution in [3.8, 4) is 0 Å². The number of anilines is 2. The van der Waals surface area contributed by atoms with Crippen LogP contribution in [-0.2, 0) is 17.8 Å². The molecule has 110 valence electrons. The van der Waals surface area contributed by atoms with Crippen LogP contribution in [0.4, 0.5) is 11.4 Å². The molecule has 0 saturated carbocycles. The highest BCUT2D eigenvalue weighted by atomic mass is 16.2. The normalized spacial score (nSPS) is 13.3. The molecule has 0 bridgehead atoms. The van der Waals surface area contributed by atoms with E-state index in [1.54, 1.807) is 13.1 Å². The van der Waals surface area contributed by atoms with Crippen LogP contribution in [0.2, 0.25) is 0 Å². The monoisotopic (exact) mass is 284 g/mol. The van der Waals surface area contributed by atoms with Crippen LogP contribution in [0.1, 0.15) is 18.9 Å². The maximum Gasteiger partial charge on any atom is 0.223 e. The number of benzene rings is 1. The molecule has 3 rings (SSSR count). The number of imidazole rings is 1. The lowest BCUT2D eigenvalue weighted by atomic mass is 10.1. The molecule has 1 aliphatic heterocycles. The van der Waals surface area contributed by atoms with E-state index < -0.39 is 0 Å². The molecular weight excluding hydrogens is 264 g/mol. The van der Waals surface area contributed by atoms with E-state index in [0.717, 1.165) is 43.9 Å². The van der Waals surface area contributed by atoms with Crippen LogP contribution >= 0.6 is 0 Å². The largest absolute Gasteiger partial charge is 0.385 e. The van der Waals surface area contributed by atoms with Crippen molar-refractivity contribution in [2.75, 3.05) is 23.3 Å². The molecule has 1 aromatic heterocycles. The van der Waals surface area contributed by atoms with Crippen LogP contribution in [0.5, 0.6) is 0 Å². The van der Waals surface area contributed by atoms with Crippen molar-refractivity contribution in [1.82, 2.24) is 9.55 Å². The van der Waals surface area contributed by atoms with E-state index in [-0.39, 0.29) is 5.91 Å². The van der Waals surface area contributed by atoms with Gasteiger partial charge in [0.15, 0.2) is 0 Å². The molecule has 0 spiro atoms. The summed E-state index contributed by atoms with van der Waals surface area (Å²) in [7, 11) is 0. The standard InChI is InChI=1S/C16H20N4O/c1-13(21)20-9-5-14-11-15(3-4-16(14)20)18-6-2-8-19-10-7-17-12-19/h3-4,7,10-12,18H,2,5-6,8-9H2,1H3. The molecule has 21 heavy (non-hydrogen) atoms. The van der Waals surface area contributed by atoms with Crippen molar-refractivity contribution in [3.63, 3.8) is 0 Å². The number of amides is 1. The first-order valence-electron chi connectivity index (χ1n) is 7.35. The molecule has 1 aromatic carbocycles. The zero-order valence-corrected chi connectivity index (χ0v) is 12.2. The molecule has 0 unspecified atom stereocenters. The number of hydrogen-bond acceptors (Lipinski definition) is 3. The Labute approximate surface area is 124 Å². The van der Waals surface area contributed by atoms with Gasteiger partial charge in [0.25, 0.3) is 0 Å². The Balaban J connectivity index is 1.54. The minimum absolute atomic E-state index is 0.120.